The van der Waals surface area contributed by atoms with E-state index in [4.69, 9.17) is 5.73 Å². The average molecular weight is 412 g/mol. The Kier molecular flexibility index (Phi) is 8.73. The van der Waals surface area contributed by atoms with E-state index >= 15 is 0 Å². The number of allylic oxidation sites excluding steroid dienone is 2. The van der Waals surface area contributed by atoms with Crippen LogP contribution in [-0.4, -0.2) is 22.4 Å². The summed E-state index contributed by atoms with van der Waals surface area (Å²) in [6, 6.07) is 8.59. The zero-order valence-electron chi connectivity index (χ0n) is 18.8. The van der Waals surface area contributed by atoms with Crippen LogP contribution in [0.1, 0.15) is 69.9 Å². The molecule has 0 unspecified atom stereocenters. The molecule has 0 radical (unpaired) electrons. The van der Waals surface area contributed by atoms with Gasteiger partial charge in [0.25, 0.3) is 0 Å². The SMILES string of the molecule is CCCC[C@H](C)C[C@H](O)/C=C/[C@@H]1[C@H]2CC(CCc3cccc(CN)c3)=C[C@H]2C[C@H]1O. The van der Waals surface area contributed by atoms with Crippen LogP contribution in [0.5, 0.6) is 0 Å². The van der Waals surface area contributed by atoms with Gasteiger partial charge in [-0.15, -0.1) is 0 Å². The molecule has 6 atom stereocenters. The first kappa shape index (κ1) is 23.2. The van der Waals surface area contributed by atoms with Crippen molar-refractivity contribution in [3.05, 3.63) is 59.2 Å². The summed E-state index contributed by atoms with van der Waals surface area (Å²) in [5.74, 6) is 1.69. The average Bonchev–Trinajstić information content (AvgIpc) is 3.25. The summed E-state index contributed by atoms with van der Waals surface area (Å²) < 4.78 is 0. The molecule has 166 valence electrons. The standard InChI is InChI=1S/C27H41NO2/c1-3-4-6-19(2)13-24(29)11-12-25-26-16-21(15-23(26)17-27(25)30)10-9-20-7-5-8-22(14-20)18-28/h5,7-8,11-12,14-15,19,23-27,29-30H,3-4,6,9-10,13,16-18,28H2,1-2H3/b12-11+/t19-,23-,24+,25+,26-,27+/m0/s1. The molecule has 0 aliphatic heterocycles. The van der Waals surface area contributed by atoms with Crippen molar-refractivity contribution < 1.29 is 10.2 Å². The fraction of sp³-hybridized carbons (Fsp3) is 0.630. The van der Waals surface area contributed by atoms with Gasteiger partial charge in [-0.05, 0) is 61.0 Å². The van der Waals surface area contributed by atoms with Crippen molar-refractivity contribution in [1.29, 1.82) is 0 Å². The van der Waals surface area contributed by atoms with E-state index in [1.54, 1.807) is 0 Å². The van der Waals surface area contributed by atoms with Gasteiger partial charge in [0.1, 0.15) is 0 Å². The van der Waals surface area contributed by atoms with E-state index in [0.717, 1.165) is 32.1 Å². The molecule has 30 heavy (non-hydrogen) atoms. The molecule has 0 aromatic heterocycles. The van der Waals surface area contributed by atoms with Crippen molar-refractivity contribution in [2.45, 2.75) is 84.0 Å². The van der Waals surface area contributed by atoms with E-state index in [-0.39, 0.29) is 12.0 Å². The first-order valence-electron chi connectivity index (χ1n) is 12.0. The van der Waals surface area contributed by atoms with Crippen LogP contribution < -0.4 is 5.73 Å². The van der Waals surface area contributed by atoms with E-state index in [9.17, 15) is 10.2 Å². The van der Waals surface area contributed by atoms with Gasteiger partial charge in [-0.3, -0.25) is 0 Å². The fourth-order valence-corrected chi connectivity index (χ4v) is 5.43. The van der Waals surface area contributed by atoms with Gasteiger partial charge in [-0.25, -0.2) is 0 Å². The Morgan fingerprint density at radius 1 is 1.23 bits per heavy atom. The van der Waals surface area contributed by atoms with Gasteiger partial charge in [-0.1, -0.05) is 81.2 Å². The van der Waals surface area contributed by atoms with E-state index in [0.29, 0.717) is 24.3 Å². The normalized spacial score (nSPS) is 28.0. The molecule has 2 aliphatic carbocycles. The van der Waals surface area contributed by atoms with Crippen LogP contribution in [0.25, 0.3) is 0 Å². The molecular weight excluding hydrogens is 370 g/mol. The predicted molar refractivity (Wildman–Crippen MR) is 125 cm³/mol. The van der Waals surface area contributed by atoms with Gasteiger partial charge in [0.2, 0.25) is 0 Å². The van der Waals surface area contributed by atoms with Crippen molar-refractivity contribution in [3.63, 3.8) is 0 Å². The Bertz CT molecular complexity index is 725. The topological polar surface area (TPSA) is 66.5 Å². The lowest BCUT2D eigenvalue weighted by Gasteiger charge is -2.19. The highest BCUT2D eigenvalue weighted by molar-refractivity contribution is 5.26. The number of hydrogen-bond acceptors (Lipinski definition) is 3. The molecule has 1 aromatic rings. The molecule has 0 saturated heterocycles. The van der Waals surface area contributed by atoms with Crippen LogP contribution in [0, 0.1) is 23.7 Å². The van der Waals surface area contributed by atoms with E-state index < -0.39 is 6.10 Å². The Hall–Kier alpha value is -1.42. The summed E-state index contributed by atoms with van der Waals surface area (Å²) in [5.41, 5.74) is 9.84. The number of nitrogens with two attached hydrogens (primary N) is 1. The summed E-state index contributed by atoms with van der Waals surface area (Å²) in [6.45, 7) is 5.03. The van der Waals surface area contributed by atoms with Crippen LogP contribution >= 0.6 is 0 Å². The number of aliphatic hydroxyl groups is 2. The second-order valence-electron chi connectivity index (χ2n) is 9.70. The molecule has 0 bridgehead atoms. The van der Waals surface area contributed by atoms with Gasteiger partial charge < -0.3 is 15.9 Å². The quantitative estimate of drug-likeness (QED) is 0.441. The summed E-state index contributed by atoms with van der Waals surface area (Å²) >= 11 is 0. The van der Waals surface area contributed by atoms with Crippen LogP contribution in [0.15, 0.2) is 48.1 Å². The smallest absolute Gasteiger partial charge is 0.0723 e. The Balaban J connectivity index is 1.50. The molecule has 3 heteroatoms. The highest BCUT2D eigenvalue weighted by Crippen LogP contribution is 2.48. The molecule has 1 saturated carbocycles. The van der Waals surface area contributed by atoms with Crippen LogP contribution in [-0.2, 0) is 13.0 Å². The maximum absolute atomic E-state index is 10.6. The zero-order valence-corrected chi connectivity index (χ0v) is 18.8. The number of unbranched alkanes of at least 4 members (excludes halogenated alkanes) is 1. The maximum atomic E-state index is 10.6. The molecule has 4 N–H and O–H groups in total. The van der Waals surface area contributed by atoms with Crippen LogP contribution in [0.4, 0.5) is 0 Å². The van der Waals surface area contributed by atoms with Crippen molar-refractivity contribution in [2.75, 3.05) is 0 Å². The van der Waals surface area contributed by atoms with Gasteiger partial charge in [0, 0.05) is 12.5 Å². The third-order valence-corrected chi connectivity index (χ3v) is 7.16. The molecule has 1 fully saturated rings. The maximum Gasteiger partial charge on any atom is 0.0723 e. The Labute approximate surface area is 183 Å². The minimum Gasteiger partial charge on any atom is -0.392 e. The zero-order chi connectivity index (χ0) is 21.5. The number of rotatable bonds is 11. The lowest BCUT2D eigenvalue weighted by molar-refractivity contribution is 0.139. The Morgan fingerprint density at radius 2 is 2.03 bits per heavy atom. The largest absolute Gasteiger partial charge is 0.392 e. The second kappa shape index (κ2) is 11.3. The van der Waals surface area contributed by atoms with Crippen molar-refractivity contribution >= 4 is 0 Å². The molecule has 3 rings (SSSR count). The number of benzene rings is 1. The molecule has 2 aliphatic rings. The molecular formula is C27H41NO2. The monoisotopic (exact) mass is 411 g/mol. The van der Waals surface area contributed by atoms with Crippen LogP contribution in [0.3, 0.4) is 0 Å². The number of fused-ring (bicyclic) bond motifs is 1. The number of aryl methyl sites for hydroxylation is 1. The molecule has 0 spiro atoms. The summed E-state index contributed by atoms with van der Waals surface area (Å²) in [5, 5.41) is 21.0. The van der Waals surface area contributed by atoms with Gasteiger partial charge in [0.05, 0.1) is 12.2 Å². The minimum atomic E-state index is -0.397. The highest BCUT2D eigenvalue weighted by Gasteiger charge is 2.43. The summed E-state index contributed by atoms with van der Waals surface area (Å²) in [7, 11) is 0. The van der Waals surface area contributed by atoms with Crippen molar-refractivity contribution in [1.82, 2.24) is 0 Å². The predicted octanol–water partition coefficient (Wildman–Crippen LogP) is 5.15. The summed E-state index contributed by atoms with van der Waals surface area (Å²) in [4.78, 5) is 0. The first-order valence-corrected chi connectivity index (χ1v) is 12.0. The molecule has 0 heterocycles. The van der Waals surface area contributed by atoms with E-state index in [1.807, 2.05) is 6.08 Å². The Morgan fingerprint density at radius 3 is 2.80 bits per heavy atom. The molecule has 0 amide bonds. The van der Waals surface area contributed by atoms with Crippen molar-refractivity contribution in [3.8, 4) is 0 Å². The fourth-order valence-electron chi connectivity index (χ4n) is 5.43. The van der Waals surface area contributed by atoms with Gasteiger partial charge >= 0.3 is 0 Å². The van der Waals surface area contributed by atoms with Crippen LogP contribution in [0.2, 0.25) is 0 Å². The number of aliphatic hydroxyl groups excluding tert-OH is 2. The third-order valence-electron chi connectivity index (χ3n) is 7.16. The van der Waals surface area contributed by atoms with Gasteiger partial charge in [-0.2, -0.15) is 0 Å². The van der Waals surface area contributed by atoms with E-state index in [1.165, 1.54) is 36.0 Å². The van der Waals surface area contributed by atoms with Crippen molar-refractivity contribution in [2.24, 2.45) is 29.4 Å². The molecule has 3 nitrogen and oxygen atoms in total. The third kappa shape index (κ3) is 6.29. The number of hydrogen-bond donors (Lipinski definition) is 3. The first-order chi connectivity index (χ1) is 14.5. The molecule has 1 aromatic carbocycles. The second-order valence-corrected chi connectivity index (χ2v) is 9.70. The summed E-state index contributed by atoms with van der Waals surface area (Å²) in [6.07, 6.45) is 14.3. The van der Waals surface area contributed by atoms with E-state index in [2.05, 4.69) is 50.3 Å². The lowest BCUT2D eigenvalue weighted by atomic mass is 9.88. The van der Waals surface area contributed by atoms with Gasteiger partial charge in [0.15, 0.2) is 0 Å². The lowest BCUT2D eigenvalue weighted by Crippen LogP contribution is -2.18. The highest BCUT2D eigenvalue weighted by atomic mass is 16.3. The minimum absolute atomic E-state index is 0.171.